The minimum Gasteiger partial charge on any atom is -0.384 e. The maximum atomic E-state index is 15.5. The van der Waals surface area contributed by atoms with E-state index >= 15 is 8.78 Å². The van der Waals surface area contributed by atoms with Crippen molar-refractivity contribution in [2.45, 2.75) is 56.1 Å². The molecule has 32 heavy (non-hydrogen) atoms. The first-order valence-corrected chi connectivity index (χ1v) is 12.4. The molecule has 3 fully saturated rings. The number of nitrogens with one attached hydrogen (secondary N) is 1. The quantitative estimate of drug-likeness (QED) is 0.688. The molecule has 0 spiro atoms. The molecule has 2 bridgehead atoms. The summed E-state index contributed by atoms with van der Waals surface area (Å²) in [5, 5.41) is 9.92. The summed E-state index contributed by atoms with van der Waals surface area (Å²) in [4.78, 5) is 14.2. The average Bonchev–Trinajstić information content (AvgIpc) is 2.70. The van der Waals surface area contributed by atoms with Crippen LogP contribution in [0.25, 0.3) is 11.1 Å². The van der Waals surface area contributed by atoms with Crippen molar-refractivity contribution >= 4 is 15.9 Å². The number of benzene rings is 2. The minimum absolute atomic E-state index is 0.0261. The topological polar surface area (TPSA) is 86.7 Å². The number of piperidine rings is 2. The van der Waals surface area contributed by atoms with E-state index in [1.165, 1.54) is 11.8 Å². The van der Waals surface area contributed by atoms with Gasteiger partial charge in [0.05, 0.1) is 18.3 Å². The van der Waals surface area contributed by atoms with Crippen LogP contribution in [0.1, 0.15) is 25.3 Å². The highest BCUT2D eigenvalue weighted by molar-refractivity contribution is 7.88. The number of hydrogen-bond acceptors (Lipinski definition) is 4. The fourth-order valence-electron chi connectivity index (χ4n) is 4.94. The number of aliphatic hydroxyl groups excluding tert-OH is 1. The first kappa shape index (κ1) is 22.8. The fraction of sp³-hybridized carbons (Fsp3) is 0.435. The van der Waals surface area contributed by atoms with Crippen molar-refractivity contribution < 1.29 is 27.1 Å². The number of fused-ring (bicyclic) bond motifs is 2. The third-order valence-electron chi connectivity index (χ3n) is 6.39. The fourth-order valence-corrected chi connectivity index (χ4v) is 5.77. The van der Waals surface area contributed by atoms with E-state index < -0.39 is 51.6 Å². The van der Waals surface area contributed by atoms with Crippen LogP contribution in [-0.2, 0) is 21.2 Å². The number of amides is 1. The smallest absolute Gasteiger partial charge is 0.251 e. The summed E-state index contributed by atoms with van der Waals surface area (Å²) in [6.07, 6.45) is -0.566. The molecule has 3 aliphatic rings. The van der Waals surface area contributed by atoms with E-state index in [-0.39, 0.29) is 24.8 Å². The molecule has 5 rings (SSSR count). The zero-order chi connectivity index (χ0) is 23.3. The molecule has 1 saturated carbocycles. The van der Waals surface area contributed by atoms with E-state index in [0.717, 1.165) is 6.26 Å². The van der Waals surface area contributed by atoms with Crippen LogP contribution in [0, 0.1) is 5.82 Å². The second-order valence-corrected chi connectivity index (χ2v) is 10.6. The second kappa shape index (κ2) is 8.20. The predicted octanol–water partition coefficient (Wildman–Crippen LogP) is 2.42. The van der Waals surface area contributed by atoms with Crippen molar-refractivity contribution in [1.29, 1.82) is 0 Å². The molecule has 2 aliphatic heterocycles. The van der Waals surface area contributed by atoms with Gasteiger partial charge >= 0.3 is 0 Å². The number of sulfonamides is 1. The van der Waals surface area contributed by atoms with E-state index in [9.17, 15) is 18.3 Å². The summed E-state index contributed by atoms with van der Waals surface area (Å²) >= 11 is 0. The Morgan fingerprint density at radius 1 is 1.22 bits per heavy atom. The van der Waals surface area contributed by atoms with Crippen LogP contribution < -0.4 is 4.72 Å². The zero-order valence-corrected chi connectivity index (χ0v) is 18.6. The van der Waals surface area contributed by atoms with Gasteiger partial charge in [-0.25, -0.2) is 21.9 Å². The first-order valence-electron chi connectivity index (χ1n) is 10.5. The van der Waals surface area contributed by atoms with E-state index in [1.807, 2.05) is 6.07 Å². The predicted molar refractivity (Wildman–Crippen MR) is 116 cm³/mol. The molecule has 172 valence electrons. The van der Waals surface area contributed by atoms with Crippen molar-refractivity contribution in [1.82, 2.24) is 9.62 Å². The Morgan fingerprint density at radius 2 is 1.88 bits per heavy atom. The molecule has 9 heteroatoms. The Kier molecular flexibility index (Phi) is 5.85. The Bertz CT molecular complexity index is 1120. The summed E-state index contributed by atoms with van der Waals surface area (Å²) < 4.78 is 57.4. The van der Waals surface area contributed by atoms with E-state index in [2.05, 4.69) is 4.72 Å². The largest absolute Gasteiger partial charge is 0.384 e. The normalized spacial score (nSPS) is 28.2. The monoisotopic (exact) mass is 464 g/mol. The van der Waals surface area contributed by atoms with Crippen LogP contribution in [0.4, 0.5) is 8.78 Å². The second-order valence-electron chi connectivity index (χ2n) is 8.80. The van der Waals surface area contributed by atoms with Crippen LogP contribution in [0.2, 0.25) is 0 Å². The van der Waals surface area contributed by atoms with Crippen molar-refractivity contribution in [2.75, 3.05) is 6.26 Å². The van der Waals surface area contributed by atoms with Gasteiger partial charge in [0, 0.05) is 24.4 Å². The molecule has 0 aromatic heterocycles. The van der Waals surface area contributed by atoms with Crippen LogP contribution in [-0.4, -0.2) is 60.5 Å². The van der Waals surface area contributed by atoms with E-state index in [0.29, 0.717) is 11.1 Å². The molecule has 2 heterocycles. The maximum Gasteiger partial charge on any atom is 0.251 e. The van der Waals surface area contributed by atoms with Crippen LogP contribution in [0.3, 0.4) is 0 Å². The van der Waals surface area contributed by atoms with E-state index in [1.54, 1.807) is 42.5 Å². The molecule has 1 aliphatic carbocycles. The van der Waals surface area contributed by atoms with Crippen LogP contribution in [0.15, 0.2) is 48.5 Å². The number of halogens is 2. The molecule has 6 nitrogen and oxygen atoms in total. The third kappa shape index (κ3) is 4.16. The van der Waals surface area contributed by atoms with Crippen molar-refractivity contribution in [3.63, 3.8) is 0 Å². The number of nitrogens with zero attached hydrogens (tertiary/aromatic N) is 1. The van der Waals surface area contributed by atoms with Gasteiger partial charge in [0.1, 0.15) is 17.6 Å². The highest BCUT2D eigenvalue weighted by Gasteiger charge is 2.63. The van der Waals surface area contributed by atoms with Gasteiger partial charge < -0.3 is 10.0 Å². The number of hydrogen-bond donors (Lipinski definition) is 2. The van der Waals surface area contributed by atoms with Gasteiger partial charge in [-0.05, 0) is 24.5 Å². The summed E-state index contributed by atoms with van der Waals surface area (Å²) in [5.74, 6) is -1.13. The maximum absolute atomic E-state index is 15.5. The summed E-state index contributed by atoms with van der Waals surface area (Å²) in [6, 6.07) is 11.1. The van der Waals surface area contributed by atoms with E-state index in [4.69, 9.17) is 0 Å². The molecular formula is C23H26F2N2O4S. The van der Waals surface area contributed by atoms with Crippen molar-refractivity contribution in [3.05, 3.63) is 59.9 Å². The highest BCUT2D eigenvalue weighted by atomic mass is 32.2. The number of carbonyl (C=O) groups excluding carboxylic acids is 1. The van der Waals surface area contributed by atoms with Gasteiger partial charge in [0.2, 0.25) is 10.0 Å². The number of alkyl halides is 1. The van der Waals surface area contributed by atoms with Gasteiger partial charge in [0.25, 0.3) is 5.91 Å². The molecular weight excluding hydrogens is 438 g/mol. The molecule has 2 aromatic rings. The highest BCUT2D eigenvalue weighted by Crippen LogP contribution is 2.50. The molecule has 0 radical (unpaired) electrons. The lowest BCUT2D eigenvalue weighted by Gasteiger charge is -2.61. The molecule has 1 amide bonds. The van der Waals surface area contributed by atoms with Crippen molar-refractivity contribution in [2.24, 2.45) is 0 Å². The van der Waals surface area contributed by atoms with Gasteiger partial charge in [-0.1, -0.05) is 48.5 Å². The zero-order valence-electron chi connectivity index (χ0n) is 17.8. The Hall–Kier alpha value is -2.36. The lowest BCUT2D eigenvalue weighted by Crippen LogP contribution is -2.77. The lowest BCUT2D eigenvalue weighted by atomic mass is 9.64. The summed E-state index contributed by atoms with van der Waals surface area (Å²) in [7, 11) is -3.81. The Balaban J connectivity index is 1.75. The van der Waals surface area contributed by atoms with Crippen LogP contribution in [0.5, 0.6) is 0 Å². The SMILES string of the molecule is C[C@@H](O)C(=O)N1C2CC(F)(C2)[C@H](NS(C)(=O)=O)[C@@H]1Cc1cccc(-c2ccccc2)c1F. The molecule has 3 atom stereocenters. The Labute approximate surface area is 186 Å². The van der Waals surface area contributed by atoms with Gasteiger partial charge in [-0.3, -0.25) is 4.79 Å². The molecule has 2 saturated heterocycles. The van der Waals surface area contributed by atoms with Crippen molar-refractivity contribution in [3.8, 4) is 11.1 Å². The number of rotatable bonds is 6. The average molecular weight is 465 g/mol. The van der Waals surface area contributed by atoms with Gasteiger partial charge in [0.15, 0.2) is 0 Å². The first-order chi connectivity index (χ1) is 15.0. The standard InChI is InChI=1S/C23H26F2N2O4S/c1-14(28)22(29)27-17-12-23(25,13-17)21(26-32(2,30)31)19(27)11-16-9-6-10-18(20(16)24)15-7-4-3-5-8-15/h3-10,14,17,19,21,26,28H,11-13H2,1-2H3/t14-,17?,19+,21-,23?/m1/s1. The third-order valence-corrected chi connectivity index (χ3v) is 7.07. The number of aliphatic hydroxyl groups is 1. The lowest BCUT2D eigenvalue weighted by molar-refractivity contribution is -0.174. The number of carbonyl (C=O) groups is 1. The van der Waals surface area contributed by atoms with Gasteiger partial charge in [-0.15, -0.1) is 0 Å². The minimum atomic E-state index is -3.81. The summed E-state index contributed by atoms with van der Waals surface area (Å²) in [6.45, 7) is 1.31. The molecule has 2 N–H and O–H groups in total. The summed E-state index contributed by atoms with van der Waals surface area (Å²) in [5.41, 5.74) is -0.561. The Morgan fingerprint density at radius 3 is 2.47 bits per heavy atom. The van der Waals surface area contributed by atoms with Gasteiger partial charge in [-0.2, -0.15) is 0 Å². The molecule has 2 aromatic carbocycles. The molecule has 0 unspecified atom stereocenters. The van der Waals surface area contributed by atoms with Crippen LogP contribution >= 0.6 is 0 Å².